The summed E-state index contributed by atoms with van der Waals surface area (Å²) in [7, 11) is 0. The van der Waals surface area contributed by atoms with E-state index >= 15 is 0 Å². The van der Waals surface area contributed by atoms with Gasteiger partial charge in [-0.3, -0.25) is 0 Å². The fraction of sp³-hybridized carbons (Fsp3) is 0.455. The minimum absolute atomic E-state index is 0.000648. The first-order chi connectivity index (χ1) is 6.00. The van der Waals surface area contributed by atoms with Crippen molar-refractivity contribution >= 4 is 0 Å². The topological polar surface area (TPSA) is 26.0 Å². The van der Waals surface area contributed by atoms with E-state index in [2.05, 4.69) is 13.8 Å². The Kier molecular flexibility index (Phi) is 1.70. The molecule has 0 aliphatic heterocycles. The molecule has 1 unspecified atom stereocenters. The van der Waals surface area contributed by atoms with Gasteiger partial charge >= 0.3 is 0 Å². The Morgan fingerprint density at radius 2 is 2.15 bits per heavy atom. The van der Waals surface area contributed by atoms with Crippen LogP contribution in [0, 0.1) is 5.82 Å². The van der Waals surface area contributed by atoms with Crippen molar-refractivity contribution in [2.45, 2.75) is 31.7 Å². The summed E-state index contributed by atoms with van der Waals surface area (Å²) in [5.41, 5.74) is 8.20. The average Bonchev–Trinajstić information content (AvgIpc) is 2.22. The van der Waals surface area contributed by atoms with E-state index in [1.807, 2.05) is 6.07 Å². The molecule has 1 atom stereocenters. The van der Waals surface area contributed by atoms with E-state index < -0.39 is 0 Å². The molecule has 1 aliphatic carbocycles. The molecule has 0 aromatic heterocycles. The molecule has 0 bridgehead atoms. The fourth-order valence-electron chi connectivity index (χ4n) is 2.23. The third kappa shape index (κ3) is 1.25. The summed E-state index contributed by atoms with van der Waals surface area (Å²) < 4.78 is 12.9. The molecule has 1 aliphatic rings. The third-order valence-electron chi connectivity index (χ3n) is 2.87. The summed E-state index contributed by atoms with van der Waals surface area (Å²) in [6.45, 7) is 4.30. The molecule has 1 aromatic carbocycles. The number of hydrogen-bond acceptors (Lipinski definition) is 1. The summed E-state index contributed by atoms with van der Waals surface area (Å²) in [4.78, 5) is 0. The van der Waals surface area contributed by atoms with Crippen molar-refractivity contribution in [1.29, 1.82) is 0 Å². The Bertz CT molecular complexity index is 344. The van der Waals surface area contributed by atoms with Crippen LogP contribution in [0.2, 0.25) is 0 Å². The fourth-order valence-corrected chi connectivity index (χ4v) is 2.23. The average molecular weight is 179 g/mol. The normalized spacial score (nSPS) is 24.5. The van der Waals surface area contributed by atoms with Crippen molar-refractivity contribution in [2.75, 3.05) is 0 Å². The molecule has 1 nitrogen and oxygen atoms in total. The van der Waals surface area contributed by atoms with Crippen molar-refractivity contribution in [3.8, 4) is 0 Å². The maximum atomic E-state index is 12.9. The Labute approximate surface area is 77.8 Å². The molecule has 0 radical (unpaired) electrons. The zero-order chi connectivity index (χ0) is 9.64. The first kappa shape index (κ1) is 8.70. The predicted molar refractivity (Wildman–Crippen MR) is 51.0 cm³/mol. The number of nitrogens with two attached hydrogens (primary N) is 1. The Hall–Kier alpha value is -0.890. The molecule has 0 amide bonds. The van der Waals surface area contributed by atoms with Crippen LogP contribution in [-0.4, -0.2) is 0 Å². The van der Waals surface area contributed by atoms with Gasteiger partial charge in [0.2, 0.25) is 0 Å². The summed E-state index contributed by atoms with van der Waals surface area (Å²) >= 11 is 0. The quantitative estimate of drug-likeness (QED) is 0.650. The second-order valence-corrected chi connectivity index (χ2v) is 4.43. The van der Waals surface area contributed by atoms with E-state index in [-0.39, 0.29) is 17.3 Å². The van der Waals surface area contributed by atoms with Gasteiger partial charge in [0.15, 0.2) is 0 Å². The number of benzene rings is 1. The van der Waals surface area contributed by atoms with Crippen molar-refractivity contribution < 1.29 is 4.39 Å². The van der Waals surface area contributed by atoms with Gasteiger partial charge in [-0.15, -0.1) is 0 Å². The van der Waals surface area contributed by atoms with Gasteiger partial charge in [-0.1, -0.05) is 19.9 Å². The maximum Gasteiger partial charge on any atom is 0.123 e. The Morgan fingerprint density at radius 1 is 1.46 bits per heavy atom. The van der Waals surface area contributed by atoms with Crippen LogP contribution >= 0.6 is 0 Å². The molecule has 70 valence electrons. The molecule has 1 aromatic rings. The molecule has 0 saturated heterocycles. The van der Waals surface area contributed by atoms with E-state index in [4.69, 9.17) is 5.73 Å². The summed E-state index contributed by atoms with van der Waals surface area (Å²) in [5, 5.41) is 0. The third-order valence-corrected chi connectivity index (χ3v) is 2.87. The van der Waals surface area contributed by atoms with Gasteiger partial charge in [-0.25, -0.2) is 4.39 Å². The molecule has 2 rings (SSSR count). The first-order valence-corrected chi connectivity index (χ1v) is 4.56. The van der Waals surface area contributed by atoms with Gasteiger partial charge in [0.1, 0.15) is 5.82 Å². The highest BCUT2D eigenvalue weighted by molar-refractivity contribution is 5.41. The zero-order valence-electron chi connectivity index (χ0n) is 7.97. The van der Waals surface area contributed by atoms with Crippen molar-refractivity contribution in [2.24, 2.45) is 5.73 Å². The second kappa shape index (κ2) is 2.55. The maximum absolute atomic E-state index is 12.9. The molecular weight excluding hydrogens is 165 g/mol. The Balaban J connectivity index is 2.59. The molecule has 2 N–H and O–H groups in total. The van der Waals surface area contributed by atoms with Gasteiger partial charge in [0.25, 0.3) is 0 Å². The predicted octanol–water partition coefficient (Wildman–Crippen LogP) is 2.51. The number of fused-ring (bicyclic) bond motifs is 1. The lowest BCUT2D eigenvalue weighted by Crippen LogP contribution is -2.14. The van der Waals surface area contributed by atoms with Crippen molar-refractivity contribution in [3.05, 3.63) is 35.1 Å². The smallest absolute Gasteiger partial charge is 0.123 e. The lowest BCUT2D eigenvalue weighted by atomic mass is 9.86. The molecule has 13 heavy (non-hydrogen) atoms. The van der Waals surface area contributed by atoms with E-state index in [0.29, 0.717) is 0 Å². The monoisotopic (exact) mass is 179 g/mol. The minimum atomic E-state index is -0.188. The highest BCUT2D eigenvalue weighted by atomic mass is 19.1. The van der Waals surface area contributed by atoms with Crippen LogP contribution in [0.1, 0.15) is 37.4 Å². The van der Waals surface area contributed by atoms with E-state index in [0.717, 1.165) is 12.0 Å². The largest absolute Gasteiger partial charge is 0.324 e. The molecule has 0 fully saturated rings. The first-order valence-electron chi connectivity index (χ1n) is 4.56. The van der Waals surface area contributed by atoms with E-state index in [9.17, 15) is 4.39 Å². The summed E-state index contributed by atoms with van der Waals surface area (Å²) in [6, 6.07) is 4.94. The van der Waals surface area contributed by atoms with Crippen LogP contribution in [0.4, 0.5) is 4.39 Å². The van der Waals surface area contributed by atoms with Gasteiger partial charge < -0.3 is 5.73 Å². The summed E-state index contributed by atoms with van der Waals surface area (Å²) in [5.74, 6) is -0.188. The lowest BCUT2D eigenvalue weighted by Gasteiger charge is -2.18. The minimum Gasteiger partial charge on any atom is -0.324 e. The molecule has 2 heteroatoms. The van der Waals surface area contributed by atoms with E-state index in [1.165, 1.54) is 11.6 Å². The molecule has 0 spiro atoms. The van der Waals surface area contributed by atoms with Crippen LogP contribution in [-0.2, 0) is 5.41 Å². The number of hydrogen-bond donors (Lipinski definition) is 1. The van der Waals surface area contributed by atoms with Crippen molar-refractivity contribution in [1.82, 2.24) is 0 Å². The van der Waals surface area contributed by atoms with Crippen molar-refractivity contribution in [3.63, 3.8) is 0 Å². The standard InChI is InChI=1S/C11H14FN/c1-11(2)6-10(13)8-5-7(12)3-4-9(8)11/h3-5,10H,6,13H2,1-2H3. The van der Waals surface area contributed by atoms with Gasteiger partial charge in [0.05, 0.1) is 0 Å². The van der Waals surface area contributed by atoms with Gasteiger partial charge in [-0.05, 0) is 35.1 Å². The van der Waals surface area contributed by atoms with Crippen LogP contribution in [0.15, 0.2) is 18.2 Å². The zero-order valence-corrected chi connectivity index (χ0v) is 7.97. The highest BCUT2D eigenvalue weighted by Gasteiger charge is 2.34. The second-order valence-electron chi connectivity index (χ2n) is 4.43. The molecule has 0 saturated carbocycles. The van der Waals surface area contributed by atoms with Gasteiger partial charge in [-0.2, -0.15) is 0 Å². The Morgan fingerprint density at radius 3 is 2.85 bits per heavy atom. The SMILES string of the molecule is CC1(C)CC(N)c2cc(F)ccc21. The highest BCUT2D eigenvalue weighted by Crippen LogP contribution is 2.43. The molecular formula is C11H14FN. The number of halogens is 1. The molecule has 0 heterocycles. The number of rotatable bonds is 0. The van der Waals surface area contributed by atoms with Crippen LogP contribution < -0.4 is 5.73 Å². The summed E-state index contributed by atoms with van der Waals surface area (Å²) in [6.07, 6.45) is 0.909. The van der Waals surface area contributed by atoms with Crippen LogP contribution in [0.5, 0.6) is 0 Å². The van der Waals surface area contributed by atoms with E-state index in [1.54, 1.807) is 6.07 Å². The lowest BCUT2D eigenvalue weighted by molar-refractivity contribution is 0.481. The van der Waals surface area contributed by atoms with Crippen LogP contribution in [0.25, 0.3) is 0 Å². The van der Waals surface area contributed by atoms with Gasteiger partial charge in [0, 0.05) is 6.04 Å². The van der Waals surface area contributed by atoms with Crippen LogP contribution in [0.3, 0.4) is 0 Å².